The molecule has 0 unspecified atom stereocenters. The Kier molecular flexibility index (Phi) is 4.74. The van der Waals surface area contributed by atoms with Crippen molar-refractivity contribution in [2.75, 3.05) is 15.6 Å². The molecule has 3 heterocycles. The van der Waals surface area contributed by atoms with E-state index in [9.17, 15) is 14.0 Å². The lowest BCUT2D eigenvalue weighted by atomic mass is 9.65. The van der Waals surface area contributed by atoms with Gasteiger partial charge in [0.05, 0.1) is 11.4 Å². The third kappa shape index (κ3) is 2.93. The van der Waals surface area contributed by atoms with Crippen molar-refractivity contribution in [1.29, 1.82) is 0 Å². The first-order chi connectivity index (χ1) is 16.6. The van der Waals surface area contributed by atoms with Crippen LogP contribution in [0.15, 0.2) is 66.7 Å². The fourth-order valence-electron chi connectivity index (χ4n) is 6.31. The molecule has 3 aromatic carbocycles. The molecule has 3 aliphatic heterocycles. The van der Waals surface area contributed by atoms with Crippen LogP contribution in [0.2, 0.25) is 5.02 Å². The predicted molar refractivity (Wildman–Crippen MR) is 139 cm³/mol. The van der Waals surface area contributed by atoms with Gasteiger partial charge in [-0.1, -0.05) is 48.9 Å². The van der Waals surface area contributed by atoms with Crippen molar-refractivity contribution in [2.45, 2.75) is 43.0 Å². The molecular weight excluding hydrogens is 483 g/mol. The first-order valence-corrected chi connectivity index (χ1v) is 12.9. The molecule has 6 rings (SSSR count). The van der Waals surface area contributed by atoms with Crippen molar-refractivity contribution in [3.05, 3.63) is 94.3 Å². The summed E-state index contributed by atoms with van der Waals surface area (Å²) in [5.41, 5.74) is 3.51. The minimum atomic E-state index is -1.22. The van der Waals surface area contributed by atoms with Crippen LogP contribution in [0, 0.1) is 5.82 Å². The smallest absolute Gasteiger partial charge is 0.269 e. The van der Waals surface area contributed by atoms with Crippen molar-refractivity contribution in [2.24, 2.45) is 0 Å². The summed E-state index contributed by atoms with van der Waals surface area (Å²) in [6.07, 6.45) is 0.703. The highest BCUT2D eigenvalue weighted by molar-refractivity contribution is 8.02. The number of thioether (sulfide) groups is 1. The maximum atomic E-state index is 14.4. The second-order valence-corrected chi connectivity index (χ2v) is 11.9. The SMILES string of the molecule is CC1(C)C[C@@](C)(c2ccc(Cl)cc2)c2cccc3c2N1C(=O)[C@@]31SCC(=O)N1c1ccc(F)cc1. The van der Waals surface area contributed by atoms with Crippen LogP contribution in [0.4, 0.5) is 15.8 Å². The average molecular weight is 507 g/mol. The number of anilines is 2. The van der Waals surface area contributed by atoms with Gasteiger partial charge in [-0.3, -0.25) is 14.5 Å². The standard InChI is InChI=1S/C28H24ClFN2O2S/c1-26(2)16-27(3,17-7-9-18(29)10-8-17)21-5-4-6-22-24(21)32(26)25(34)28(22)31(23(33)15-35-28)20-13-11-19(30)12-14-20/h4-14H,15-16H2,1-3H3/t27-,28-/m0/s1. The number of halogens is 2. The maximum Gasteiger partial charge on any atom is 0.269 e. The van der Waals surface area contributed by atoms with Crippen LogP contribution in [0.1, 0.15) is 43.9 Å². The van der Waals surface area contributed by atoms with E-state index in [0.717, 1.165) is 22.4 Å². The number of amides is 2. The Bertz CT molecular complexity index is 1390. The number of hydrogen-bond donors (Lipinski definition) is 0. The van der Waals surface area contributed by atoms with E-state index in [2.05, 4.69) is 39.0 Å². The topological polar surface area (TPSA) is 40.6 Å². The lowest BCUT2D eigenvalue weighted by Gasteiger charge is -2.50. The van der Waals surface area contributed by atoms with Gasteiger partial charge >= 0.3 is 0 Å². The molecule has 0 radical (unpaired) electrons. The molecule has 0 bridgehead atoms. The summed E-state index contributed by atoms with van der Waals surface area (Å²) >= 11 is 7.54. The van der Waals surface area contributed by atoms with E-state index in [-0.39, 0.29) is 28.8 Å². The molecule has 4 nitrogen and oxygen atoms in total. The summed E-state index contributed by atoms with van der Waals surface area (Å²) in [6, 6.07) is 19.7. The zero-order valence-electron chi connectivity index (χ0n) is 19.6. The summed E-state index contributed by atoms with van der Waals surface area (Å²) in [4.78, 5) is 29.9. The molecule has 0 N–H and O–H groups in total. The first kappa shape index (κ1) is 22.6. The van der Waals surface area contributed by atoms with E-state index in [1.54, 1.807) is 17.0 Å². The van der Waals surface area contributed by atoms with Crippen LogP contribution < -0.4 is 9.80 Å². The molecule has 1 spiro atoms. The van der Waals surface area contributed by atoms with Crippen molar-refractivity contribution in [3.63, 3.8) is 0 Å². The van der Waals surface area contributed by atoms with E-state index < -0.39 is 10.4 Å². The van der Waals surface area contributed by atoms with Crippen molar-refractivity contribution in [3.8, 4) is 0 Å². The Hall–Kier alpha value is -2.83. The van der Waals surface area contributed by atoms with Gasteiger partial charge < -0.3 is 4.90 Å². The largest absolute Gasteiger partial charge is 0.303 e. The summed E-state index contributed by atoms with van der Waals surface area (Å²) in [5.74, 6) is -0.494. The van der Waals surface area contributed by atoms with Crippen LogP contribution in [0.3, 0.4) is 0 Å². The monoisotopic (exact) mass is 506 g/mol. The van der Waals surface area contributed by atoms with Crippen LogP contribution in [-0.2, 0) is 19.9 Å². The second kappa shape index (κ2) is 7.34. The molecule has 35 heavy (non-hydrogen) atoms. The van der Waals surface area contributed by atoms with Crippen molar-refractivity contribution >= 4 is 46.6 Å². The van der Waals surface area contributed by atoms with Crippen LogP contribution in [-0.4, -0.2) is 23.1 Å². The van der Waals surface area contributed by atoms with Crippen LogP contribution >= 0.6 is 23.4 Å². The number of hydrogen-bond acceptors (Lipinski definition) is 3. The van der Waals surface area contributed by atoms with Gasteiger partial charge in [0, 0.05) is 27.2 Å². The number of carbonyl (C=O) groups is 2. The molecule has 1 saturated heterocycles. The van der Waals surface area contributed by atoms with Crippen LogP contribution in [0.25, 0.3) is 0 Å². The number of rotatable bonds is 2. The molecule has 0 aliphatic carbocycles. The molecule has 3 aromatic rings. The van der Waals surface area contributed by atoms with E-state index in [0.29, 0.717) is 17.1 Å². The van der Waals surface area contributed by atoms with Gasteiger partial charge in [-0.2, -0.15) is 0 Å². The van der Waals surface area contributed by atoms with E-state index in [1.165, 1.54) is 23.9 Å². The third-order valence-electron chi connectivity index (χ3n) is 7.64. The minimum Gasteiger partial charge on any atom is -0.303 e. The number of nitrogens with zero attached hydrogens (tertiary/aromatic N) is 2. The maximum absolute atomic E-state index is 14.4. The normalized spacial score (nSPS) is 26.5. The third-order valence-corrected chi connectivity index (χ3v) is 9.28. The first-order valence-electron chi connectivity index (χ1n) is 11.6. The molecule has 1 fully saturated rings. The number of carbonyl (C=O) groups excluding carboxylic acids is 2. The minimum absolute atomic E-state index is 0.122. The Morgan fingerprint density at radius 1 is 0.886 bits per heavy atom. The highest BCUT2D eigenvalue weighted by Crippen LogP contribution is 2.62. The molecule has 2 atom stereocenters. The molecule has 3 aliphatic rings. The zero-order valence-corrected chi connectivity index (χ0v) is 21.2. The quantitative estimate of drug-likeness (QED) is 0.412. The number of para-hydroxylation sites is 1. The highest BCUT2D eigenvalue weighted by atomic mass is 35.5. The van der Waals surface area contributed by atoms with E-state index in [4.69, 9.17) is 11.6 Å². The molecule has 178 valence electrons. The second-order valence-electron chi connectivity index (χ2n) is 10.3. The Balaban J connectivity index is 1.62. The lowest BCUT2D eigenvalue weighted by molar-refractivity contribution is -0.124. The average Bonchev–Trinajstić information content (AvgIpc) is 3.29. The van der Waals surface area contributed by atoms with Gasteiger partial charge in [0.2, 0.25) is 10.8 Å². The lowest BCUT2D eigenvalue weighted by Crippen LogP contribution is -2.58. The predicted octanol–water partition coefficient (Wildman–Crippen LogP) is 6.25. The molecule has 0 saturated carbocycles. The molecule has 7 heteroatoms. The highest BCUT2D eigenvalue weighted by Gasteiger charge is 2.65. The molecule has 2 amide bonds. The number of benzene rings is 3. The number of fused-ring (bicyclic) bond motifs is 1. The van der Waals surface area contributed by atoms with E-state index in [1.807, 2.05) is 29.2 Å². The van der Waals surface area contributed by atoms with Crippen LogP contribution in [0.5, 0.6) is 0 Å². The Morgan fingerprint density at radius 2 is 1.54 bits per heavy atom. The summed E-state index contributed by atoms with van der Waals surface area (Å²) < 4.78 is 13.7. The van der Waals surface area contributed by atoms with Gasteiger partial charge in [0.1, 0.15) is 5.82 Å². The van der Waals surface area contributed by atoms with Gasteiger partial charge in [-0.15, -0.1) is 11.8 Å². The molecular formula is C28H24ClFN2O2S. The summed E-state index contributed by atoms with van der Waals surface area (Å²) in [7, 11) is 0. The van der Waals surface area contributed by atoms with E-state index >= 15 is 0 Å². The van der Waals surface area contributed by atoms with Crippen molar-refractivity contribution in [1.82, 2.24) is 0 Å². The van der Waals surface area contributed by atoms with Gasteiger partial charge in [-0.25, -0.2) is 4.39 Å². The summed E-state index contributed by atoms with van der Waals surface area (Å²) in [6.45, 7) is 6.38. The zero-order chi connectivity index (χ0) is 24.8. The Labute approximate surface area is 213 Å². The fourth-order valence-corrected chi connectivity index (χ4v) is 7.76. The van der Waals surface area contributed by atoms with Gasteiger partial charge in [0.15, 0.2) is 0 Å². The Morgan fingerprint density at radius 3 is 2.23 bits per heavy atom. The van der Waals surface area contributed by atoms with Gasteiger partial charge in [0.25, 0.3) is 5.91 Å². The van der Waals surface area contributed by atoms with Gasteiger partial charge in [-0.05, 0) is 67.8 Å². The fraction of sp³-hybridized carbons (Fsp3) is 0.286. The van der Waals surface area contributed by atoms with Crippen molar-refractivity contribution < 1.29 is 14.0 Å². The molecule has 0 aromatic heterocycles. The summed E-state index contributed by atoms with van der Waals surface area (Å²) in [5, 5.41) is 0.678.